The summed E-state index contributed by atoms with van der Waals surface area (Å²) in [5.74, 6) is -0.228. The summed E-state index contributed by atoms with van der Waals surface area (Å²) >= 11 is 0. The fourth-order valence-corrected chi connectivity index (χ4v) is 3.55. The number of hydrogen-bond acceptors (Lipinski definition) is 5. The number of phenolic OH excluding ortho intramolecular Hbond substituents is 2. The van der Waals surface area contributed by atoms with Gasteiger partial charge in [-0.15, -0.1) is 0 Å². The molecule has 2 rings (SSSR count). The third kappa shape index (κ3) is 5.99. The Bertz CT molecular complexity index is 889. The number of rotatable bonds is 8. The number of aromatic hydroxyl groups is 2. The van der Waals surface area contributed by atoms with Crippen molar-refractivity contribution in [3.05, 3.63) is 57.6 Å². The van der Waals surface area contributed by atoms with Crippen LogP contribution in [0.3, 0.4) is 0 Å². The molecule has 2 aromatic carbocycles. The van der Waals surface area contributed by atoms with E-state index in [0.29, 0.717) is 6.42 Å². The molecule has 0 spiro atoms. The Morgan fingerprint density at radius 2 is 1.37 bits per heavy atom. The van der Waals surface area contributed by atoms with Gasteiger partial charge in [-0.1, -0.05) is 24.3 Å². The zero-order valence-electron chi connectivity index (χ0n) is 18.3. The Morgan fingerprint density at radius 3 is 1.83 bits per heavy atom. The summed E-state index contributed by atoms with van der Waals surface area (Å²) < 4.78 is 5.14. The first kappa shape index (κ1) is 23.3. The van der Waals surface area contributed by atoms with Crippen molar-refractivity contribution in [3.8, 4) is 11.5 Å². The van der Waals surface area contributed by atoms with Crippen molar-refractivity contribution in [1.29, 1.82) is 0 Å². The normalized spacial score (nSPS) is 11.8. The summed E-state index contributed by atoms with van der Waals surface area (Å²) in [6.07, 6.45) is 0.998. The summed E-state index contributed by atoms with van der Waals surface area (Å²) in [6.45, 7) is 9.19. The topological polar surface area (TPSA) is 95.9 Å². The molecule has 30 heavy (non-hydrogen) atoms. The third-order valence-corrected chi connectivity index (χ3v) is 5.09. The summed E-state index contributed by atoms with van der Waals surface area (Å²) in [5.41, 5.74) is 4.77. The van der Waals surface area contributed by atoms with Gasteiger partial charge in [-0.05, 0) is 74.4 Å². The van der Waals surface area contributed by atoms with Crippen LogP contribution in [-0.4, -0.2) is 34.7 Å². The van der Waals surface area contributed by atoms with E-state index in [4.69, 9.17) is 4.74 Å². The van der Waals surface area contributed by atoms with Crippen molar-refractivity contribution in [2.45, 2.75) is 59.9 Å². The number of ether oxygens (including phenoxy) is 1. The molecule has 0 bridgehead atoms. The van der Waals surface area contributed by atoms with E-state index in [1.807, 2.05) is 38.1 Å². The number of aryl methyl sites for hydroxylation is 5. The molecule has 0 aliphatic carbocycles. The van der Waals surface area contributed by atoms with Crippen molar-refractivity contribution in [2.75, 3.05) is 6.61 Å². The monoisotopic (exact) mass is 413 g/mol. The van der Waals surface area contributed by atoms with Gasteiger partial charge in [0.25, 0.3) is 0 Å². The Kier molecular flexibility index (Phi) is 7.86. The lowest BCUT2D eigenvalue weighted by Gasteiger charge is -2.18. The quantitative estimate of drug-likeness (QED) is 0.575. The highest BCUT2D eigenvalue weighted by Crippen LogP contribution is 2.24. The lowest BCUT2D eigenvalue weighted by atomic mass is 9.99. The minimum absolute atomic E-state index is 0.215. The minimum Gasteiger partial charge on any atom is -0.507 e. The van der Waals surface area contributed by atoms with Gasteiger partial charge in [0.05, 0.1) is 6.61 Å². The van der Waals surface area contributed by atoms with E-state index in [9.17, 15) is 19.8 Å². The lowest BCUT2D eigenvalue weighted by Crippen LogP contribution is -2.43. The number of nitrogens with one attached hydrogen (secondary N) is 1. The molecular weight excluding hydrogens is 382 g/mol. The van der Waals surface area contributed by atoms with Gasteiger partial charge in [0.1, 0.15) is 17.5 Å². The maximum absolute atomic E-state index is 12.5. The molecule has 0 aliphatic heterocycles. The van der Waals surface area contributed by atoms with Gasteiger partial charge in [0.2, 0.25) is 5.91 Å². The van der Waals surface area contributed by atoms with Gasteiger partial charge in [0, 0.05) is 12.8 Å². The molecule has 0 fully saturated rings. The van der Waals surface area contributed by atoms with Crippen LogP contribution in [0.15, 0.2) is 24.3 Å². The van der Waals surface area contributed by atoms with Crippen LogP contribution in [0.4, 0.5) is 0 Å². The molecule has 0 aromatic heterocycles. The number of phenols is 2. The molecule has 0 saturated heterocycles. The standard InChI is InChI=1S/C24H31NO5/c1-6-30-24(29)20(13-19-11-16(4)23(28)17(5)12-19)25-21(26)8-7-18-9-14(2)22(27)15(3)10-18/h9-12,20,27-28H,6-8,13H2,1-5H3,(H,25,26). The second kappa shape index (κ2) is 10.1. The van der Waals surface area contributed by atoms with E-state index in [1.54, 1.807) is 20.8 Å². The van der Waals surface area contributed by atoms with Crippen LogP contribution in [0.5, 0.6) is 11.5 Å². The second-order valence-electron chi connectivity index (χ2n) is 7.73. The van der Waals surface area contributed by atoms with Gasteiger partial charge < -0.3 is 20.3 Å². The average molecular weight is 414 g/mol. The molecule has 6 nitrogen and oxygen atoms in total. The van der Waals surface area contributed by atoms with E-state index >= 15 is 0 Å². The molecule has 0 saturated carbocycles. The highest BCUT2D eigenvalue weighted by molar-refractivity contribution is 5.84. The molecule has 1 atom stereocenters. The maximum Gasteiger partial charge on any atom is 0.328 e. The first-order valence-electron chi connectivity index (χ1n) is 10.2. The third-order valence-electron chi connectivity index (χ3n) is 5.09. The Labute approximate surface area is 177 Å². The number of amides is 1. The number of hydrogen-bond donors (Lipinski definition) is 3. The fraction of sp³-hybridized carbons (Fsp3) is 0.417. The van der Waals surface area contributed by atoms with Crippen molar-refractivity contribution in [2.24, 2.45) is 0 Å². The molecule has 162 valence electrons. The largest absolute Gasteiger partial charge is 0.507 e. The summed E-state index contributed by atoms with van der Waals surface area (Å²) in [6, 6.07) is 6.54. The van der Waals surface area contributed by atoms with Crippen molar-refractivity contribution >= 4 is 11.9 Å². The number of benzene rings is 2. The zero-order valence-corrected chi connectivity index (χ0v) is 18.3. The smallest absolute Gasteiger partial charge is 0.328 e. The molecule has 0 heterocycles. The Balaban J connectivity index is 2.08. The number of carbonyl (C=O) groups excluding carboxylic acids is 2. The summed E-state index contributed by atoms with van der Waals surface area (Å²) in [5, 5.41) is 22.6. The van der Waals surface area contributed by atoms with Crippen LogP contribution in [0.1, 0.15) is 46.7 Å². The molecule has 1 amide bonds. The number of carbonyl (C=O) groups is 2. The predicted octanol–water partition coefficient (Wildman–Crippen LogP) is 3.55. The SMILES string of the molecule is CCOC(=O)C(Cc1cc(C)c(O)c(C)c1)NC(=O)CCc1cc(C)c(O)c(C)c1. The highest BCUT2D eigenvalue weighted by atomic mass is 16.5. The number of esters is 1. The molecule has 1 unspecified atom stereocenters. The summed E-state index contributed by atoms with van der Waals surface area (Å²) in [4.78, 5) is 24.9. The van der Waals surface area contributed by atoms with Gasteiger partial charge in [0.15, 0.2) is 0 Å². The van der Waals surface area contributed by atoms with E-state index in [0.717, 1.165) is 33.4 Å². The van der Waals surface area contributed by atoms with Crippen molar-refractivity contribution in [3.63, 3.8) is 0 Å². The first-order valence-corrected chi connectivity index (χ1v) is 10.2. The zero-order chi connectivity index (χ0) is 22.4. The van der Waals surface area contributed by atoms with Gasteiger partial charge in [-0.3, -0.25) is 4.79 Å². The fourth-order valence-electron chi connectivity index (χ4n) is 3.55. The molecule has 2 aromatic rings. The highest BCUT2D eigenvalue weighted by Gasteiger charge is 2.23. The van der Waals surface area contributed by atoms with Crippen molar-refractivity contribution in [1.82, 2.24) is 5.32 Å². The van der Waals surface area contributed by atoms with Crippen LogP contribution in [0.2, 0.25) is 0 Å². The van der Waals surface area contributed by atoms with E-state index < -0.39 is 12.0 Å². The Morgan fingerprint density at radius 1 is 0.900 bits per heavy atom. The van der Waals surface area contributed by atoms with Gasteiger partial charge >= 0.3 is 5.97 Å². The van der Waals surface area contributed by atoms with E-state index in [1.165, 1.54) is 0 Å². The lowest BCUT2D eigenvalue weighted by molar-refractivity contribution is -0.147. The van der Waals surface area contributed by atoms with Crippen LogP contribution in [-0.2, 0) is 27.2 Å². The van der Waals surface area contributed by atoms with Crippen LogP contribution in [0, 0.1) is 27.7 Å². The molecular formula is C24H31NO5. The van der Waals surface area contributed by atoms with Gasteiger partial charge in [-0.2, -0.15) is 0 Å². The first-order chi connectivity index (χ1) is 14.1. The van der Waals surface area contributed by atoms with Crippen molar-refractivity contribution < 1.29 is 24.5 Å². The molecule has 0 aliphatic rings. The van der Waals surface area contributed by atoms with Crippen LogP contribution in [0.25, 0.3) is 0 Å². The second-order valence-corrected chi connectivity index (χ2v) is 7.73. The molecule has 0 radical (unpaired) electrons. The minimum atomic E-state index is -0.802. The predicted molar refractivity (Wildman–Crippen MR) is 116 cm³/mol. The molecule has 3 N–H and O–H groups in total. The van der Waals surface area contributed by atoms with Crippen LogP contribution < -0.4 is 5.32 Å². The molecule has 6 heteroatoms. The maximum atomic E-state index is 12.5. The van der Waals surface area contributed by atoms with E-state index in [-0.39, 0.29) is 36.9 Å². The van der Waals surface area contributed by atoms with E-state index in [2.05, 4.69) is 5.32 Å². The van der Waals surface area contributed by atoms with Crippen LogP contribution >= 0.6 is 0 Å². The Hall–Kier alpha value is -3.02. The van der Waals surface area contributed by atoms with Gasteiger partial charge in [-0.25, -0.2) is 4.79 Å². The average Bonchev–Trinajstić information content (AvgIpc) is 2.68. The summed E-state index contributed by atoms with van der Waals surface area (Å²) in [7, 11) is 0.